The fourth-order valence-corrected chi connectivity index (χ4v) is 3.08. The Bertz CT molecular complexity index is 407. The number of ether oxygens (including phenoxy) is 2. The van der Waals surface area contributed by atoms with Gasteiger partial charge in [-0.1, -0.05) is 0 Å². The second kappa shape index (κ2) is 5.91. The fourth-order valence-electron chi connectivity index (χ4n) is 3.08. The largest absolute Gasteiger partial charge is 0.394 e. The molecule has 2 rings (SSSR count). The molecular formula is C12H22O10. The molecule has 0 aromatic rings. The van der Waals surface area contributed by atoms with Crippen molar-refractivity contribution in [1.29, 1.82) is 0 Å². The van der Waals surface area contributed by atoms with Crippen LogP contribution >= 0.6 is 0 Å². The summed E-state index contributed by atoms with van der Waals surface area (Å²) in [4.78, 5) is 0. The quantitative estimate of drug-likeness (QED) is 0.245. The Morgan fingerprint density at radius 1 is 1.00 bits per heavy atom. The molecule has 22 heavy (non-hydrogen) atoms. The molecule has 0 amide bonds. The lowest BCUT2D eigenvalue weighted by Gasteiger charge is -2.57. The van der Waals surface area contributed by atoms with Crippen LogP contribution in [0.4, 0.5) is 0 Å². The van der Waals surface area contributed by atoms with Gasteiger partial charge in [0.15, 0.2) is 11.9 Å². The number of aliphatic hydroxyl groups is 8. The second-order valence-corrected chi connectivity index (χ2v) is 5.82. The SMILES string of the molecule is C[C@H]1O[C@@H](O)[C@@H](O)[C@@H](O)[C@@]1(O)[C@@]1(O)CO[C@H](CO)[C@@H](O)[C@@H]1O. The van der Waals surface area contributed by atoms with Gasteiger partial charge in [-0.15, -0.1) is 0 Å². The van der Waals surface area contributed by atoms with Crippen LogP contribution < -0.4 is 0 Å². The maximum atomic E-state index is 10.7. The first kappa shape index (κ1) is 17.9. The fraction of sp³-hybridized carbons (Fsp3) is 1.00. The van der Waals surface area contributed by atoms with Crippen LogP contribution in [0.3, 0.4) is 0 Å². The van der Waals surface area contributed by atoms with Crippen LogP contribution in [0.1, 0.15) is 6.92 Å². The van der Waals surface area contributed by atoms with E-state index in [1.54, 1.807) is 0 Å². The summed E-state index contributed by atoms with van der Waals surface area (Å²) in [7, 11) is 0. The highest BCUT2D eigenvalue weighted by Gasteiger charge is 2.68. The molecule has 0 aliphatic carbocycles. The molecule has 2 aliphatic heterocycles. The monoisotopic (exact) mass is 326 g/mol. The highest BCUT2D eigenvalue weighted by molar-refractivity contribution is 5.17. The van der Waals surface area contributed by atoms with E-state index in [1.165, 1.54) is 6.92 Å². The third kappa shape index (κ3) is 2.27. The topological polar surface area (TPSA) is 180 Å². The van der Waals surface area contributed by atoms with E-state index in [-0.39, 0.29) is 0 Å². The molecule has 10 nitrogen and oxygen atoms in total. The van der Waals surface area contributed by atoms with Gasteiger partial charge in [0, 0.05) is 0 Å². The third-order valence-electron chi connectivity index (χ3n) is 4.61. The molecule has 0 aromatic carbocycles. The smallest absolute Gasteiger partial charge is 0.183 e. The van der Waals surface area contributed by atoms with Crippen LogP contribution in [0.5, 0.6) is 0 Å². The van der Waals surface area contributed by atoms with Gasteiger partial charge in [0.25, 0.3) is 0 Å². The Balaban J connectivity index is 2.38. The minimum Gasteiger partial charge on any atom is -0.394 e. The average molecular weight is 326 g/mol. The van der Waals surface area contributed by atoms with Crippen molar-refractivity contribution in [2.75, 3.05) is 13.2 Å². The molecule has 0 bridgehead atoms. The predicted octanol–water partition coefficient (Wildman–Crippen LogP) is -4.98. The van der Waals surface area contributed by atoms with Crippen LogP contribution in [0, 0.1) is 0 Å². The van der Waals surface area contributed by atoms with Gasteiger partial charge in [-0.3, -0.25) is 0 Å². The summed E-state index contributed by atoms with van der Waals surface area (Å²) < 4.78 is 9.90. The molecule has 2 saturated heterocycles. The van der Waals surface area contributed by atoms with Gasteiger partial charge in [-0.05, 0) is 6.92 Å². The molecule has 9 atom stereocenters. The van der Waals surface area contributed by atoms with E-state index in [1.807, 2.05) is 0 Å². The number of rotatable bonds is 2. The Kier molecular flexibility index (Phi) is 4.82. The Morgan fingerprint density at radius 3 is 2.14 bits per heavy atom. The molecular weight excluding hydrogens is 304 g/mol. The number of hydrogen-bond donors (Lipinski definition) is 8. The van der Waals surface area contributed by atoms with Crippen molar-refractivity contribution in [3.05, 3.63) is 0 Å². The first-order valence-electron chi connectivity index (χ1n) is 6.84. The lowest BCUT2D eigenvalue weighted by Crippen LogP contribution is -2.81. The van der Waals surface area contributed by atoms with E-state index in [2.05, 4.69) is 0 Å². The van der Waals surface area contributed by atoms with Gasteiger partial charge >= 0.3 is 0 Å². The maximum Gasteiger partial charge on any atom is 0.183 e. The minimum atomic E-state index is -2.65. The van der Waals surface area contributed by atoms with E-state index in [0.717, 1.165) is 0 Å². The molecule has 0 aromatic heterocycles. The summed E-state index contributed by atoms with van der Waals surface area (Å²) in [5.74, 6) is 0. The summed E-state index contributed by atoms with van der Waals surface area (Å²) in [5.41, 5.74) is -5.26. The Hall–Kier alpha value is -0.400. The van der Waals surface area contributed by atoms with E-state index >= 15 is 0 Å². The van der Waals surface area contributed by atoms with Crippen molar-refractivity contribution < 1.29 is 50.3 Å². The Labute approximate surface area is 125 Å². The van der Waals surface area contributed by atoms with Crippen LogP contribution in [0.15, 0.2) is 0 Å². The number of aliphatic hydroxyl groups excluding tert-OH is 6. The summed E-state index contributed by atoms with van der Waals surface area (Å²) >= 11 is 0. The van der Waals surface area contributed by atoms with E-state index in [4.69, 9.17) is 14.6 Å². The molecule has 0 radical (unpaired) electrons. The molecule has 130 valence electrons. The zero-order chi connectivity index (χ0) is 16.9. The van der Waals surface area contributed by atoms with Crippen molar-refractivity contribution >= 4 is 0 Å². The van der Waals surface area contributed by atoms with Crippen LogP contribution in [-0.2, 0) is 9.47 Å². The molecule has 2 aliphatic rings. The average Bonchev–Trinajstić information content (AvgIpc) is 2.49. The van der Waals surface area contributed by atoms with Crippen molar-refractivity contribution in [3.8, 4) is 0 Å². The van der Waals surface area contributed by atoms with E-state index in [9.17, 15) is 35.7 Å². The lowest BCUT2D eigenvalue weighted by molar-refractivity contribution is -0.382. The van der Waals surface area contributed by atoms with Crippen molar-refractivity contribution in [2.24, 2.45) is 0 Å². The van der Waals surface area contributed by atoms with Crippen molar-refractivity contribution in [1.82, 2.24) is 0 Å². The number of hydrogen-bond acceptors (Lipinski definition) is 10. The minimum absolute atomic E-state index is 0.636. The van der Waals surface area contributed by atoms with Crippen LogP contribution in [-0.4, -0.2) is 108 Å². The van der Waals surface area contributed by atoms with E-state index < -0.39 is 67.3 Å². The van der Waals surface area contributed by atoms with Crippen LogP contribution in [0.25, 0.3) is 0 Å². The standard InChI is InChI=1S/C12H22O10/c1-4-12(20,9(17)7(15)10(18)22-4)11(19)3-21-5(2-13)6(14)8(11)16/h4-10,13-20H,2-3H2,1H3/t4-,5-,6-,7+,8+,9-,10-,11-,12-/m1/s1. The lowest BCUT2D eigenvalue weighted by atomic mass is 9.67. The van der Waals surface area contributed by atoms with Gasteiger partial charge in [0.05, 0.1) is 19.3 Å². The third-order valence-corrected chi connectivity index (χ3v) is 4.61. The van der Waals surface area contributed by atoms with Gasteiger partial charge < -0.3 is 50.3 Å². The highest BCUT2D eigenvalue weighted by Crippen LogP contribution is 2.42. The Morgan fingerprint density at radius 2 is 1.59 bits per heavy atom. The maximum absolute atomic E-state index is 10.7. The van der Waals surface area contributed by atoms with Gasteiger partial charge in [0.1, 0.15) is 36.1 Å². The molecule has 10 heteroatoms. The van der Waals surface area contributed by atoms with Crippen molar-refractivity contribution in [3.63, 3.8) is 0 Å². The molecule has 2 fully saturated rings. The summed E-state index contributed by atoms with van der Waals surface area (Å²) in [6.07, 6.45) is -12.2. The predicted molar refractivity (Wildman–Crippen MR) is 67.3 cm³/mol. The van der Waals surface area contributed by atoms with Crippen molar-refractivity contribution in [2.45, 2.75) is 61.0 Å². The molecule has 0 unspecified atom stereocenters. The second-order valence-electron chi connectivity index (χ2n) is 5.82. The zero-order valence-corrected chi connectivity index (χ0v) is 11.8. The summed E-state index contributed by atoms with van der Waals surface area (Å²) in [5, 5.41) is 79.6. The van der Waals surface area contributed by atoms with Gasteiger partial charge in [-0.2, -0.15) is 0 Å². The summed E-state index contributed by atoms with van der Waals surface area (Å²) in [6.45, 7) is -0.184. The first-order chi connectivity index (χ1) is 10.1. The highest BCUT2D eigenvalue weighted by atomic mass is 16.6. The van der Waals surface area contributed by atoms with Crippen LogP contribution in [0.2, 0.25) is 0 Å². The normalized spacial score (nSPS) is 56.9. The van der Waals surface area contributed by atoms with Gasteiger partial charge in [0.2, 0.25) is 0 Å². The summed E-state index contributed by atoms with van der Waals surface area (Å²) in [6, 6.07) is 0. The molecule has 0 spiro atoms. The first-order valence-corrected chi connectivity index (χ1v) is 6.84. The molecule has 2 heterocycles. The molecule has 0 saturated carbocycles. The van der Waals surface area contributed by atoms with E-state index in [0.29, 0.717) is 0 Å². The van der Waals surface area contributed by atoms with Gasteiger partial charge in [-0.25, -0.2) is 0 Å². The molecule has 8 N–H and O–H groups in total. The zero-order valence-electron chi connectivity index (χ0n) is 11.8.